The molecule has 1 atom stereocenters. The Hall–Kier alpha value is -1.81. The Morgan fingerprint density at radius 3 is 2.79 bits per heavy atom. The maximum absolute atomic E-state index is 10.2. The fraction of sp³-hybridized carbons (Fsp3) is 0.400. The second-order valence-electron chi connectivity index (χ2n) is 5.07. The van der Waals surface area contributed by atoms with Crippen LogP contribution in [0.3, 0.4) is 0 Å². The van der Waals surface area contributed by atoms with Crippen molar-refractivity contribution in [2.75, 3.05) is 19.0 Å². The Morgan fingerprint density at radius 2 is 2.16 bits per heavy atom. The Kier molecular flexibility index (Phi) is 4.22. The van der Waals surface area contributed by atoms with Crippen LogP contribution in [-0.4, -0.2) is 29.0 Å². The summed E-state index contributed by atoms with van der Waals surface area (Å²) in [5.74, 6) is 0. The fourth-order valence-electron chi connectivity index (χ4n) is 2.08. The number of aromatic nitrogens is 2. The smallest absolute Gasteiger partial charge is 0.0794 e. The van der Waals surface area contributed by atoms with Crippen LogP contribution in [0.1, 0.15) is 23.7 Å². The summed E-state index contributed by atoms with van der Waals surface area (Å²) in [5.41, 5.74) is 3.23. The molecule has 102 valence electrons. The molecule has 2 aromatic rings. The molecule has 1 N–H and O–H groups in total. The second kappa shape index (κ2) is 5.89. The molecule has 0 fully saturated rings. The standard InChI is InChI=1S/C15H21N3O/c1-17(2)14-6-4-5-13(9-14)15(19)8-7-12-10-16-18(3)11-12/h4-6,9-11,15,19H,7-8H2,1-3H3. The zero-order chi connectivity index (χ0) is 13.8. The van der Waals surface area contributed by atoms with Crippen molar-refractivity contribution in [3.63, 3.8) is 0 Å². The molecule has 1 unspecified atom stereocenters. The van der Waals surface area contributed by atoms with Gasteiger partial charge in [-0.3, -0.25) is 4.68 Å². The van der Waals surface area contributed by atoms with Gasteiger partial charge in [0.25, 0.3) is 0 Å². The molecule has 2 rings (SSSR count). The van der Waals surface area contributed by atoms with Crippen LogP contribution < -0.4 is 4.90 Å². The molecule has 0 amide bonds. The lowest BCUT2D eigenvalue weighted by Crippen LogP contribution is -2.09. The molecule has 1 aromatic heterocycles. The van der Waals surface area contributed by atoms with Crippen LogP contribution in [0, 0.1) is 0 Å². The van der Waals surface area contributed by atoms with E-state index in [9.17, 15) is 5.11 Å². The molecule has 4 nitrogen and oxygen atoms in total. The topological polar surface area (TPSA) is 41.3 Å². The first kappa shape index (κ1) is 13.6. The monoisotopic (exact) mass is 259 g/mol. The number of nitrogens with zero attached hydrogens (tertiary/aromatic N) is 3. The zero-order valence-corrected chi connectivity index (χ0v) is 11.7. The van der Waals surface area contributed by atoms with E-state index in [0.29, 0.717) is 6.42 Å². The minimum atomic E-state index is -0.430. The average molecular weight is 259 g/mol. The van der Waals surface area contributed by atoms with Crippen LogP contribution in [0.2, 0.25) is 0 Å². The van der Waals surface area contributed by atoms with Gasteiger partial charge in [0.15, 0.2) is 0 Å². The van der Waals surface area contributed by atoms with Crippen molar-refractivity contribution in [2.24, 2.45) is 7.05 Å². The number of hydrogen-bond acceptors (Lipinski definition) is 3. The largest absolute Gasteiger partial charge is 0.388 e. The predicted octanol–water partition coefficient (Wildman–Crippen LogP) is 2.15. The highest BCUT2D eigenvalue weighted by Gasteiger charge is 2.09. The molecule has 4 heteroatoms. The maximum atomic E-state index is 10.2. The van der Waals surface area contributed by atoms with E-state index < -0.39 is 6.10 Å². The highest BCUT2D eigenvalue weighted by atomic mass is 16.3. The summed E-state index contributed by atoms with van der Waals surface area (Å²) in [5, 5.41) is 14.4. The van der Waals surface area contributed by atoms with Crippen LogP contribution in [0.4, 0.5) is 5.69 Å². The quantitative estimate of drug-likeness (QED) is 0.894. The van der Waals surface area contributed by atoms with E-state index in [4.69, 9.17) is 0 Å². The van der Waals surface area contributed by atoms with Gasteiger partial charge < -0.3 is 10.0 Å². The number of aliphatic hydroxyl groups excluding tert-OH is 1. The molecule has 0 spiro atoms. The zero-order valence-electron chi connectivity index (χ0n) is 11.7. The number of aliphatic hydroxyl groups is 1. The van der Waals surface area contributed by atoms with Gasteiger partial charge in [-0.05, 0) is 36.1 Å². The Labute approximate surface area is 114 Å². The number of rotatable bonds is 5. The van der Waals surface area contributed by atoms with Crippen molar-refractivity contribution >= 4 is 5.69 Å². The normalized spacial score (nSPS) is 12.4. The summed E-state index contributed by atoms with van der Waals surface area (Å²) < 4.78 is 1.79. The van der Waals surface area contributed by atoms with E-state index in [0.717, 1.165) is 23.2 Å². The highest BCUT2D eigenvalue weighted by molar-refractivity contribution is 5.47. The van der Waals surface area contributed by atoms with Crippen molar-refractivity contribution in [3.05, 3.63) is 47.8 Å². The van der Waals surface area contributed by atoms with Crippen molar-refractivity contribution in [1.29, 1.82) is 0 Å². The van der Waals surface area contributed by atoms with Crippen molar-refractivity contribution in [3.8, 4) is 0 Å². The van der Waals surface area contributed by atoms with E-state index in [2.05, 4.69) is 5.10 Å². The van der Waals surface area contributed by atoms with Crippen LogP contribution in [-0.2, 0) is 13.5 Å². The first-order valence-electron chi connectivity index (χ1n) is 6.49. The highest BCUT2D eigenvalue weighted by Crippen LogP contribution is 2.22. The number of anilines is 1. The summed E-state index contributed by atoms with van der Waals surface area (Å²) in [6, 6.07) is 8.03. The van der Waals surface area contributed by atoms with Crippen LogP contribution in [0.25, 0.3) is 0 Å². The lowest BCUT2D eigenvalue weighted by Gasteiger charge is -2.16. The lowest BCUT2D eigenvalue weighted by molar-refractivity contribution is 0.168. The third kappa shape index (κ3) is 3.58. The van der Waals surface area contributed by atoms with Gasteiger partial charge in [-0.2, -0.15) is 5.10 Å². The van der Waals surface area contributed by atoms with Gasteiger partial charge in [0.1, 0.15) is 0 Å². The summed E-state index contributed by atoms with van der Waals surface area (Å²) in [6.07, 6.45) is 4.95. The molecule has 0 aliphatic rings. The molecule has 0 saturated carbocycles. The number of benzene rings is 1. The van der Waals surface area contributed by atoms with Gasteiger partial charge >= 0.3 is 0 Å². The average Bonchev–Trinajstić information content (AvgIpc) is 2.82. The molecule has 19 heavy (non-hydrogen) atoms. The molecular formula is C15H21N3O. The van der Waals surface area contributed by atoms with Crippen LogP contribution in [0.5, 0.6) is 0 Å². The predicted molar refractivity (Wildman–Crippen MR) is 77.3 cm³/mol. The fourth-order valence-corrected chi connectivity index (χ4v) is 2.08. The van der Waals surface area contributed by atoms with E-state index in [-0.39, 0.29) is 0 Å². The molecule has 0 saturated heterocycles. The van der Waals surface area contributed by atoms with Crippen molar-refractivity contribution in [1.82, 2.24) is 9.78 Å². The molecular weight excluding hydrogens is 238 g/mol. The van der Waals surface area contributed by atoms with Gasteiger partial charge in [-0.25, -0.2) is 0 Å². The van der Waals surface area contributed by atoms with Crippen molar-refractivity contribution < 1.29 is 5.11 Å². The summed E-state index contributed by atoms with van der Waals surface area (Å²) in [7, 11) is 5.91. The summed E-state index contributed by atoms with van der Waals surface area (Å²) in [6.45, 7) is 0. The Bertz CT molecular complexity index is 534. The van der Waals surface area contributed by atoms with Gasteiger partial charge in [0.05, 0.1) is 12.3 Å². The van der Waals surface area contributed by atoms with E-state index in [1.54, 1.807) is 4.68 Å². The Morgan fingerprint density at radius 1 is 1.37 bits per heavy atom. The van der Waals surface area contributed by atoms with E-state index in [1.807, 2.05) is 62.7 Å². The van der Waals surface area contributed by atoms with Gasteiger partial charge in [0.2, 0.25) is 0 Å². The molecule has 1 heterocycles. The molecule has 0 bridgehead atoms. The van der Waals surface area contributed by atoms with Gasteiger partial charge in [0, 0.05) is 33.0 Å². The van der Waals surface area contributed by atoms with Gasteiger partial charge in [-0.1, -0.05) is 12.1 Å². The molecule has 0 aliphatic heterocycles. The number of aryl methyl sites for hydroxylation is 2. The molecule has 0 aliphatic carbocycles. The SMILES string of the molecule is CN(C)c1cccc(C(O)CCc2cnn(C)c2)c1. The summed E-state index contributed by atoms with van der Waals surface area (Å²) in [4.78, 5) is 2.04. The first-order valence-corrected chi connectivity index (χ1v) is 6.49. The number of hydrogen-bond donors (Lipinski definition) is 1. The van der Waals surface area contributed by atoms with Gasteiger partial charge in [-0.15, -0.1) is 0 Å². The second-order valence-corrected chi connectivity index (χ2v) is 5.07. The minimum Gasteiger partial charge on any atom is -0.388 e. The first-order chi connectivity index (χ1) is 9.06. The Balaban J connectivity index is 1.99. The minimum absolute atomic E-state index is 0.430. The molecule has 0 radical (unpaired) electrons. The van der Waals surface area contributed by atoms with E-state index >= 15 is 0 Å². The van der Waals surface area contributed by atoms with Crippen LogP contribution >= 0.6 is 0 Å². The lowest BCUT2D eigenvalue weighted by atomic mass is 10.0. The molecule has 1 aromatic carbocycles. The third-order valence-electron chi connectivity index (χ3n) is 3.24. The van der Waals surface area contributed by atoms with Crippen LogP contribution in [0.15, 0.2) is 36.7 Å². The third-order valence-corrected chi connectivity index (χ3v) is 3.24. The van der Waals surface area contributed by atoms with E-state index in [1.165, 1.54) is 0 Å². The van der Waals surface area contributed by atoms with Crippen molar-refractivity contribution in [2.45, 2.75) is 18.9 Å². The summed E-state index contributed by atoms with van der Waals surface area (Å²) >= 11 is 0. The maximum Gasteiger partial charge on any atom is 0.0794 e.